The van der Waals surface area contributed by atoms with Gasteiger partial charge in [-0.1, -0.05) is 11.6 Å². The number of pyridine rings is 1. The summed E-state index contributed by atoms with van der Waals surface area (Å²) in [7, 11) is 1.74. The van der Waals surface area contributed by atoms with Crippen LogP contribution in [0.15, 0.2) is 28.1 Å². The minimum atomic E-state index is -0.286. The Morgan fingerprint density at radius 3 is 2.95 bits per heavy atom. The maximum atomic E-state index is 12.0. The monoisotopic (exact) mass is 359 g/mol. The lowest BCUT2D eigenvalue weighted by molar-refractivity contribution is 0.0946. The van der Waals surface area contributed by atoms with Crippen LogP contribution >= 0.6 is 38.9 Å². The van der Waals surface area contributed by atoms with Gasteiger partial charge in [0.15, 0.2) is 0 Å². The summed E-state index contributed by atoms with van der Waals surface area (Å²) in [6, 6.07) is 5.33. The molecular formula is C12H11BrClN3OS. The Hall–Kier alpha value is -1.11. The second-order valence-corrected chi connectivity index (χ2v) is 6.01. The van der Waals surface area contributed by atoms with Crippen molar-refractivity contribution < 1.29 is 4.79 Å². The molecule has 2 aromatic rings. The van der Waals surface area contributed by atoms with E-state index in [4.69, 9.17) is 11.6 Å². The van der Waals surface area contributed by atoms with Crippen LogP contribution < -0.4 is 10.6 Å². The molecule has 0 radical (unpaired) electrons. The summed E-state index contributed by atoms with van der Waals surface area (Å²) < 4.78 is 1.01. The van der Waals surface area contributed by atoms with E-state index in [-0.39, 0.29) is 11.6 Å². The number of hydrogen-bond donors (Lipinski definition) is 2. The van der Waals surface area contributed by atoms with Crippen molar-refractivity contribution in [3.8, 4) is 0 Å². The first-order valence-electron chi connectivity index (χ1n) is 5.45. The maximum Gasteiger partial charge on any atom is 0.271 e. The van der Waals surface area contributed by atoms with Crippen LogP contribution in [0.1, 0.15) is 15.4 Å². The first-order valence-corrected chi connectivity index (χ1v) is 7.50. The van der Waals surface area contributed by atoms with E-state index >= 15 is 0 Å². The molecule has 0 aliphatic carbocycles. The first-order chi connectivity index (χ1) is 9.10. The topological polar surface area (TPSA) is 54.0 Å². The maximum absolute atomic E-state index is 12.0. The van der Waals surface area contributed by atoms with Gasteiger partial charge in [-0.05, 0) is 34.1 Å². The lowest BCUT2D eigenvalue weighted by atomic mass is 10.3. The van der Waals surface area contributed by atoms with Crippen molar-refractivity contribution in [1.82, 2.24) is 10.3 Å². The highest BCUT2D eigenvalue weighted by Gasteiger charge is 2.13. The SMILES string of the molecule is CNc1ccc(Cl)c(C(=O)NCc2cc(Br)cs2)n1. The minimum Gasteiger partial charge on any atom is -0.373 e. The summed E-state index contributed by atoms with van der Waals surface area (Å²) in [5.41, 5.74) is 0.226. The van der Waals surface area contributed by atoms with Gasteiger partial charge in [-0.2, -0.15) is 0 Å². The third-order valence-electron chi connectivity index (χ3n) is 2.36. The van der Waals surface area contributed by atoms with E-state index in [1.54, 1.807) is 30.5 Å². The van der Waals surface area contributed by atoms with E-state index in [1.807, 2.05) is 11.4 Å². The van der Waals surface area contributed by atoms with Gasteiger partial charge < -0.3 is 10.6 Å². The van der Waals surface area contributed by atoms with Crippen LogP contribution in [0.4, 0.5) is 5.82 Å². The molecular weight excluding hydrogens is 350 g/mol. The van der Waals surface area contributed by atoms with Gasteiger partial charge >= 0.3 is 0 Å². The van der Waals surface area contributed by atoms with Crippen molar-refractivity contribution in [2.75, 3.05) is 12.4 Å². The molecule has 2 rings (SSSR count). The quantitative estimate of drug-likeness (QED) is 0.877. The third-order valence-corrected chi connectivity index (χ3v) is 4.36. The van der Waals surface area contributed by atoms with Gasteiger partial charge in [-0.15, -0.1) is 11.3 Å². The summed E-state index contributed by atoms with van der Waals surface area (Å²) >= 11 is 10.9. The Bertz CT molecular complexity index is 602. The number of halogens is 2. The van der Waals surface area contributed by atoms with Gasteiger partial charge in [0.25, 0.3) is 5.91 Å². The van der Waals surface area contributed by atoms with Gasteiger partial charge in [0, 0.05) is 21.8 Å². The molecule has 0 saturated heterocycles. The molecule has 0 bridgehead atoms. The lowest BCUT2D eigenvalue weighted by Crippen LogP contribution is -2.24. The number of rotatable bonds is 4. The standard InChI is InChI=1S/C12H11BrClN3OS/c1-15-10-3-2-9(14)11(17-10)12(18)16-5-8-4-7(13)6-19-8/h2-4,6H,5H2,1H3,(H,15,17)(H,16,18). The average Bonchev–Trinajstić information content (AvgIpc) is 2.82. The van der Waals surface area contributed by atoms with Gasteiger partial charge in [0.1, 0.15) is 11.5 Å². The normalized spacial score (nSPS) is 10.3. The molecule has 2 aromatic heterocycles. The van der Waals surface area contributed by atoms with Crippen LogP contribution in [-0.4, -0.2) is 17.9 Å². The molecule has 0 aliphatic heterocycles. The molecule has 100 valence electrons. The number of nitrogens with zero attached hydrogens (tertiary/aromatic N) is 1. The number of carbonyl (C=O) groups excluding carboxylic acids is 1. The van der Waals surface area contributed by atoms with E-state index in [2.05, 4.69) is 31.5 Å². The largest absolute Gasteiger partial charge is 0.373 e. The van der Waals surface area contributed by atoms with Crippen LogP contribution in [0.5, 0.6) is 0 Å². The van der Waals surface area contributed by atoms with E-state index in [1.165, 1.54) is 0 Å². The molecule has 19 heavy (non-hydrogen) atoms. The summed E-state index contributed by atoms with van der Waals surface area (Å²) in [4.78, 5) is 17.2. The van der Waals surface area contributed by atoms with Crippen LogP contribution in [0.2, 0.25) is 5.02 Å². The van der Waals surface area contributed by atoms with E-state index in [0.717, 1.165) is 9.35 Å². The Kier molecular flexibility index (Phi) is 4.79. The zero-order valence-corrected chi connectivity index (χ0v) is 13.2. The smallest absolute Gasteiger partial charge is 0.271 e. The second-order valence-electron chi connectivity index (χ2n) is 3.69. The predicted octanol–water partition coefficient (Wildman–Crippen LogP) is 3.53. The molecule has 2 heterocycles. The fourth-order valence-corrected chi connectivity index (χ4v) is 3.02. The van der Waals surface area contributed by atoms with Crippen molar-refractivity contribution in [1.29, 1.82) is 0 Å². The second kappa shape index (κ2) is 6.36. The van der Waals surface area contributed by atoms with Crippen molar-refractivity contribution in [2.45, 2.75) is 6.54 Å². The number of amides is 1. The molecule has 7 heteroatoms. The minimum absolute atomic E-state index is 0.226. The molecule has 0 aromatic carbocycles. The van der Waals surface area contributed by atoms with Crippen molar-refractivity contribution >= 4 is 50.6 Å². The Labute approximate surface area is 128 Å². The van der Waals surface area contributed by atoms with E-state index < -0.39 is 0 Å². The number of hydrogen-bond acceptors (Lipinski definition) is 4. The van der Waals surface area contributed by atoms with Gasteiger partial charge in [-0.3, -0.25) is 4.79 Å². The zero-order valence-electron chi connectivity index (χ0n) is 10.0. The van der Waals surface area contributed by atoms with Crippen molar-refractivity contribution in [3.63, 3.8) is 0 Å². The highest BCUT2D eigenvalue weighted by molar-refractivity contribution is 9.10. The molecule has 0 fully saturated rings. The highest BCUT2D eigenvalue weighted by atomic mass is 79.9. The zero-order chi connectivity index (χ0) is 13.8. The first kappa shape index (κ1) is 14.3. The van der Waals surface area contributed by atoms with Gasteiger partial charge in [0.05, 0.1) is 11.6 Å². The van der Waals surface area contributed by atoms with Gasteiger partial charge in [-0.25, -0.2) is 4.98 Å². The van der Waals surface area contributed by atoms with Crippen molar-refractivity contribution in [3.05, 3.63) is 43.6 Å². The summed E-state index contributed by atoms with van der Waals surface area (Å²) in [5, 5.41) is 7.97. The lowest BCUT2D eigenvalue weighted by Gasteiger charge is -2.07. The molecule has 0 unspecified atom stereocenters. The molecule has 0 aliphatic rings. The predicted molar refractivity (Wildman–Crippen MR) is 82.0 cm³/mol. The number of carbonyl (C=O) groups is 1. The Morgan fingerprint density at radius 2 is 2.32 bits per heavy atom. The summed E-state index contributed by atoms with van der Waals surface area (Å²) in [6.45, 7) is 0.455. The third kappa shape index (κ3) is 3.68. The number of nitrogens with one attached hydrogen (secondary N) is 2. The van der Waals surface area contributed by atoms with Crippen LogP contribution in [-0.2, 0) is 6.54 Å². The number of anilines is 1. The van der Waals surface area contributed by atoms with Crippen LogP contribution in [0.25, 0.3) is 0 Å². The van der Waals surface area contributed by atoms with Gasteiger partial charge in [0.2, 0.25) is 0 Å². The molecule has 0 saturated carbocycles. The van der Waals surface area contributed by atoms with Crippen LogP contribution in [0.3, 0.4) is 0 Å². The number of thiophene rings is 1. The Balaban J connectivity index is 2.07. The number of aromatic nitrogens is 1. The molecule has 1 amide bonds. The van der Waals surface area contributed by atoms with E-state index in [9.17, 15) is 4.79 Å². The average molecular weight is 361 g/mol. The van der Waals surface area contributed by atoms with Crippen LogP contribution in [0, 0.1) is 0 Å². The molecule has 2 N–H and O–H groups in total. The molecule has 4 nitrogen and oxygen atoms in total. The molecule has 0 atom stereocenters. The highest BCUT2D eigenvalue weighted by Crippen LogP contribution is 2.20. The van der Waals surface area contributed by atoms with E-state index in [0.29, 0.717) is 17.4 Å². The van der Waals surface area contributed by atoms with Crippen molar-refractivity contribution in [2.24, 2.45) is 0 Å². The fraction of sp³-hybridized carbons (Fsp3) is 0.167. The fourth-order valence-electron chi connectivity index (χ4n) is 1.44. The Morgan fingerprint density at radius 1 is 1.53 bits per heavy atom. The summed E-state index contributed by atoms with van der Waals surface area (Å²) in [6.07, 6.45) is 0. The summed E-state index contributed by atoms with van der Waals surface area (Å²) in [5.74, 6) is 0.319. The molecule has 0 spiro atoms.